The minimum absolute atomic E-state index is 0.445. The van der Waals surface area contributed by atoms with Gasteiger partial charge in [0.15, 0.2) is 0 Å². The van der Waals surface area contributed by atoms with Crippen molar-refractivity contribution in [1.29, 1.82) is 0 Å². The number of benzene rings is 1. The second kappa shape index (κ2) is 4.22. The average molecular weight is 256 g/mol. The van der Waals surface area contributed by atoms with Crippen molar-refractivity contribution in [2.45, 2.75) is 39.4 Å². The Balaban J connectivity index is 3.18. The number of rotatable bonds is 2. The molecule has 0 heterocycles. The quantitative estimate of drug-likeness (QED) is 0.798. The molecule has 5 heteroatoms. The highest BCUT2D eigenvalue weighted by molar-refractivity contribution is 7.94. The van der Waals surface area contributed by atoms with Gasteiger partial charge in [0.05, 0.1) is 16.1 Å². The van der Waals surface area contributed by atoms with E-state index in [-0.39, 0.29) is 0 Å². The molecule has 1 aromatic carbocycles. The van der Waals surface area contributed by atoms with E-state index in [4.69, 9.17) is 5.73 Å². The van der Waals surface area contributed by atoms with Gasteiger partial charge in [-0.15, -0.1) is 0 Å². The minimum atomic E-state index is -3.43. The summed E-state index contributed by atoms with van der Waals surface area (Å²) >= 11 is 0. The first-order valence-electron chi connectivity index (χ1n) is 5.43. The summed E-state index contributed by atoms with van der Waals surface area (Å²) in [6.45, 7) is 8.79. The minimum Gasteiger partial charge on any atom is -0.397 e. The lowest BCUT2D eigenvalue weighted by Gasteiger charge is -2.21. The van der Waals surface area contributed by atoms with E-state index in [1.165, 1.54) is 0 Å². The first-order chi connectivity index (χ1) is 7.54. The second-order valence-electron chi connectivity index (χ2n) is 5.24. The normalized spacial score (nSPS) is 12.5. The van der Waals surface area contributed by atoms with Gasteiger partial charge in [-0.3, -0.25) is 4.72 Å². The Labute approximate surface area is 103 Å². The lowest BCUT2D eigenvalue weighted by Crippen LogP contribution is -2.33. The molecule has 0 unspecified atom stereocenters. The maximum absolute atomic E-state index is 12.0. The third kappa shape index (κ3) is 2.91. The van der Waals surface area contributed by atoms with Gasteiger partial charge in [0, 0.05) is 0 Å². The van der Waals surface area contributed by atoms with Crippen LogP contribution in [-0.2, 0) is 10.0 Å². The van der Waals surface area contributed by atoms with Crippen molar-refractivity contribution in [3.05, 3.63) is 23.3 Å². The number of sulfonamides is 1. The van der Waals surface area contributed by atoms with E-state index in [1.54, 1.807) is 32.9 Å². The van der Waals surface area contributed by atoms with Crippen molar-refractivity contribution in [2.24, 2.45) is 0 Å². The molecule has 0 bridgehead atoms. The molecule has 0 atom stereocenters. The number of hydrogen-bond acceptors (Lipinski definition) is 3. The van der Waals surface area contributed by atoms with Gasteiger partial charge in [0.1, 0.15) is 0 Å². The Morgan fingerprint density at radius 2 is 1.59 bits per heavy atom. The zero-order valence-corrected chi connectivity index (χ0v) is 11.8. The maximum atomic E-state index is 12.0. The Kier molecular flexibility index (Phi) is 3.43. The van der Waals surface area contributed by atoms with Crippen LogP contribution < -0.4 is 10.5 Å². The molecular weight excluding hydrogens is 236 g/mol. The van der Waals surface area contributed by atoms with Crippen LogP contribution in [0.3, 0.4) is 0 Å². The highest BCUT2D eigenvalue weighted by Gasteiger charge is 2.29. The van der Waals surface area contributed by atoms with Crippen molar-refractivity contribution in [3.63, 3.8) is 0 Å². The summed E-state index contributed by atoms with van der Waals surface area (Å²) in [5, 5.41) is 0. The first-order valence-corrected chi connectivity index (χ1v) is 6.92. The van der Waals surface area contributed by atoms with E-state index in [9.17, 15) is 8.42 Å². The summed E-state index contributed by atoms with van der Waals surface area (Å²) in [5.74, 6) is 0. The highest BCUT2D eigenvalue weighted by Crippen LogP contribution is 2.26. The van der Waals surface area contributed by atoms with E-state index in [0.29, 0.717) is 11.4 Å². The monoisotopic (exact) mass is 256 g/mol. The summed E-state index contributed by atoms with van der Waals surface area (Å²) < 4.78 is 25.7. The van der Waals surface area contributed by atoms with Gasteiger partial charge in [0.25, 0.3) is 0 Å². The van der Waals surface area contributed by atoms with Crippen LogP contribution in [0.2, 0.25) is 0 Å². The number of anilines is 2. The van der Waals surface area contributed by atoms with E-state index in [2.05, 4.69) is 4.72 Å². The van der Waals surface area contributed by atoms with E-state index in [1.807, 2.05) is 13.8 Å². The SMILES string of the molecule is Cc1cc(N)c(NS(=O)(=O)C(C)(C)C)cc1C. The standard InChI is InChI=1S/C12H20N2O2S/c1-8-6-10(13)11(7-9(8)2)14-17(15,16)12(3,4)5/h6-7,14H,13H2,1-5H3. The Morgan fingerprint density at radius 1 is 1.12 bits per heavy atom. The molecule has 17 heavy (non-hydrogen) atoms. The van der Waals surface area contributed by atoms with Crippen molar-refractivity contribution in [3.8, 4) is 0 Å². The fourth-order valence-corrected chi connectivity index (χ4v) is 2.00. The zero-order valence-electron chi connectivity index (χ0n) is 11.0. The summed E-state index contributed by atoms with van der Waals surface area (Å²) in [5.41, 5.74) is 8.75. The Morgan fingerprint density at radius 3 is 2.06 bits per heavy atom. The molecule has 4 nitrogen and oxygen atoms in total. The first kappa shape index (κ1) is 13.8. The molecule has 1 rings (SSSR count). The number of nitrogens with two attached hydrogens (primary N) is 1. The molecule has 0 amide bonds. The van der Waals surface area contributed by atoms with Crippen LogP contribution in [0, 0.1) is 13.8 Å². The van der Waals surface area contributed by atoms with Crippen molar-refractivity contribution in [2.75, 3.05) is 10.5 Å². The van der Waals surface area contributed by atoms with Crippen LogP contribution in [0.25, 0.3) is 0 Å². The van der Waals surface area contributed by atoms with E-state index >= 15 is 0 Å². The molecule has 0 aliphatic rings. The van der Waals surface area contributed by atoms with Crippen LogP contribution >= 0.6 is 0 Å². The second-order valence-corrected chi connectivity index (χ2v) is 7.68. The summed E-state index contributed by atoms with van der Waals surface area (Å²) in [6.07, 6.45) is 0. The van der Waals surface area contributed by atoms with Gasteiger partial charge in [-0.05, 0) is 57.9 Å². The predicted molar refractivity (Wildman–Crippen MR) is 72.6 cm³/mol. The topological polar surface area (TPSA) is 72.2 Å². The predicted octanol–water partition coefficient (Wildman–Crippen LogP) is 2.43. The van der Waals surface area contributed by atoms with Crippen molar-refractivity contribution < 1.29 is 8.42 Å². The molecule has 0 radical (unpaired) electrons. The molecule has 3 N–H and O–H groups in total. The third-order valence-electron chi connectivity index (χ3n) is 2.72. The van der Waals surface area contributed by atoms with Crippen LogP contribution in [0.1, 0.15) is 31.9 Å². The third-order valence-corrected chi connectivity index (χ3v) is 4.82. The van der Waals surface area contributed by atoms with Crippen molar-refractivity contribution >= 4 is 21.4 Å². The van der Waals surface area contributed by atoms with Crippen LogP contribution in [0.15, 0.2) is 12.1 Å². The molecule has 0 spiro atoms. The van der Waals surface area contributed by atoms with Crippen LogP contribution in [0.5, 0.6) is 0 Å². The molecular formula is C12H20N2O2S. The van der Waals surface area contributed by atoms with Gasteiger partial charge < -0.3 is 5.73 Å². The Hall–Kier alpha value is -1.23. The molecule has 0 fully saturated rings. The van der Waals surface area contributed by atoms with Gasteiger partial charge in [-0.1, -0.05) is 0 Å². The molecule has 0 saturated heterocycles. The molecule has 0 aliphatic heterocycles. The number of nitrogen functional groups attached to an aromatic ring is 1. The summed E-state index contributed by atoms with van der Waals surface area (Å²) in [4.78, 5) is 0. The lowest BCUT2D eigenvalue weighted by atomic mass is 10.1. The van der Waals surface area contributed by atoms with Gasteiger partial charge in [-0.25, -0.2) is 8.42 Å². The van der Waals surface area contributed by atoms with Crippen LogP contribution in [-0.4, -0.2) is 13.2 Å². The zero-order chi connectivity index (χ0) is 13.4. The van der Waals surface area contributed by atoms with Crippen molar-refractivity contribution in [1.82, 2.24) is 0 Å². The fraction of sp³-hybridized carbons (Fsp3) is 0.500. The molecule has 0 aliphatic carbocycles. The van der Waals surface area contributed by atoms with Gasteiger partial charge in [0.2, 0.25) is 10.0 Å². The van der Waals surface area contributed by atoms with E-state index < -0.39 is 14.8 Å². The smallest absolute Gasteiger partial charge is 0.237 e. The molecule has 96 valence electrons. The Bertz CT molecular complexity index is 528. The summed E-state index contributed by atoms with van der Waals surface area (Å²) in [7, 11) is -3.43. The lowest BCUT2D eigenvalue weighted by molar-refractivity contribution is 0.566. The molecule has 1 aromatic rings. The average Bonchev–Trinajstić information content (AvgIpc) is 2.12. The number of hydrogen-bond donors (Lipinski definition) is 2. The number of nitrogens with one attached hydrogen (secondary N) is 1. The highest BCUT2D eigenvalue weighted by atomic mass is 32.2. The molecule has 0 aromatic heterocycles. The maximum Gasteiger partial charge on any atom is 0.237 e. The van der Waals surface area contributed by atoms with E-state index in [0.717, 1.165) is 11.1 Å². The number of aryl methyl sites for hydroxylation is 2. The van der Waals surface area contributed by atoms with Gasteiger partial charge >= 0.3 is 0 Å². The summed E-state index contributed by atoms with van der Waals surface area (Å²) in [6, 6.07) is 3.53. The fourth-order valence-electron chi connectivity index (χ4n) is 1.22. The van der Waals surface area contributed by atoms with Gasteiger partial charge in [-0.2, -0.15) is 0 Å². The van der Waals surface area contributed by atoms with Crippen LogP contribution in [0.4, 0.5) is 11.4 Å². The molecule has 0 saturated carbocycles. The largest absolute Gasteiger partial charge is 0.397 e.